The lowest BCUT2D eigenvalue weighted by Crippen LogP contribution is -2.47. The van der Waals surface area contributed by atoms with Crippen molar-refractivity contribution in [3.05, 3.63) is 34.9 Å². The normalized spacial score (nSPS) is 19.9. The highest BCUT2D eigenvalue weighted by molar-refractivity contribution is 5.30. The van der Waals surface area contributed by atoms with Crippen LogP contribution in [0.5, 0.6) is 0 Å². The Morgan fingerprint density at radius 1 is 1.16 bits per heavy atom. The lowest BCUT2D eigenvalue weighted by molar-refractivity contribution is -0.0271. The minimum Gasteiger partial charge on any atom is -0.389 e. The first kappa shape index (κ1) is 14.5. The summed E-state index contributed by atoms with van der Waals surface area (Å²) in [4.78, 5) is 2.45. The van der Waals surface area contributed by atoms with Gasteiger partial charge in [-0.15, -0.1) is 0 Å². The predicted molar refractivity (Wildman–Crippen MR) is 80.5 cm³/mol. The first-order valence-electron chi connectivity index (χ1n) is 7.42. The molecule has 1 aliphatic heterocycles. The van der Waals surface area contributed by atoms with Crippen LogP contribution in [0.25, 0.3) is 0 Å². The number of likely N-dealkylation sites (tertiary alicyclic amines) is 1. The summed E-state index contributed by atoms with van der Waals surface area (Å²) in [6.45, 7) is 10.8. The summed E-state index contributed by atoms with van der Waals surface area (Å²) >= 11 is 0. The van der Waals surface area contributed by atoms with Gasteiger partial charge < -0.3 is 10.0 Å². The first-order chi connectivity index (χ1) is 8.89. The maximum atomic E-state index is 10.8. The molecule has 1 N–H and O–H groups in total. The van der Waals surface area contributed by atoms with Gasteiger partial charge in [0.25, 0.3) is 0 Å². The molecule has 1 aromatic rings. The number of hydrogen-bond donors (Lipinski definition) is 1. The van der Waals surface area contributed by atoms with Crippen LogP contribution in [0, 0.1) is 13.8 Å². The molecule has 19 heavy (non-hydrogen) atoms. The van der Waals surface area contributed by atoms with Gasteiger partial charge in [-0.05, 0) is 57.2 Å². The average molecular weight is 261 g/mol. The monoisotopic (exact) mass is 261 g/mol. The number of aliphatic hydroxyl groups is 1. The number of piperidine rings is 1. The maximum absolute atomic E-state index is 10.8. The molecule has 1 heterocycles. The summed E-state index contributed by atoms with van der Waals surface area (Å²) in [6, 6.07) is 7.14. The molecule has 2 nitrogen and oxygen atoms in total. The smallest absolute Gasteiger partial charge is 0.0712 e. The molecule has 0 aromatic heterocycles. The van der Waals surface area contributed by atoms with Gasteiger partial charge in [-0.3, -0.25) is 0 Å². The van der Waals surface area contributed by atoms with Gasteiger partial charge in [0, 0.05) is 25.6 Å². The Labute approximate surface area is 117 Å². The van der Waals surface area contributed by atoms with E-state index in [1.165, 1.54) is 16.7 Å². The molecule has 0 spiro atoms. The van der Waals surface area contributed by atoms with Crippen LogP contribution in [-0.2, 0) is 6.42 Å². The van der Waals surface area contributed by atoms with Gasteiger partial charge in [0.2, 0.25) is 0 Å². The fraction of sp³-hybridized carbons (Fsp3) is 0.647. The SMILES string of the molecule is Cc1ccc(CC2(O)CCN(C(C)C)CC2)cc1C. The Bertz CT molecular complexity index is 431. The quantitative estimate of drug-likeness (QED) is 0.904. The van der Waals surface area contributed by atoms with Crippen LogP contribution in [0.2, 0.25) is 0 Å². The highest BCUT2D eigenvalue weighted by Crippen LogP contribution is 2.27. The molecule has 0 amide bonds. The molecule has 0 unspecified atom stereocenters. The van der Waals surface area contributed by atoms with Crippen molar-refractivity contribution >= 4 is 0 Å². The highest BCUT2D eigenvalue weighted by atomic mass is 16.3. The maximum Gasteiger partial charge on any atom is 0.0712 e. The molecular weight excluding hydrogens is 234 g/mol. The lowest BCUT2D eigenvalue weighted by atomic mass is 9.84. The summed E-state index contributed by atoms with van der Waals surface area (Å²) in [5, 5.41) is 10.8. The summed E-state index contributed by atoms with van der Waals surface area (Å²) in [5.41, 5.74) is 3.40. The van der Waals surface area contributed by atoms with E-state index in [1.54, 1.807) is 0 Å². The van der Waals surface area contributed by atoms with Gasteiger partial charge >= 0.3 is 0 Å². The zero-order valence-electron chi connectivity index (χ0n) is 12.7. The third kappa shape index (κ3) is 3.58. The predicted octanol–water partition coefficient (Wildman–Crippen LogP) is 3.08. The van der Waals surface area contributed by atoms with Crippen LogP contribution in [0.4, 0.5) is 0 Å². The minimum absolute atomic E-state index is 0.507. The van der Waals surface area contributed by atoms with E-state index in [2.05, 4.69) is 50.8 Å². The average Bonchev–Trinajstić information content (AvgIpc) is 2.34. The standard InChI is InChI=1S/C17H27NO/c1-13(2)18-9-7-17(19,8-10-18)12-16-6-5-14(3)15(4)11-16/h5-6,11,13,19H,7-10,12H2,1-4H3. The summed E-state index contributed by atoms with van der Waals surface area (Å²) in [6.07, 6.45) is 2.57. The molecule has 1 aliphatic rings. The van der Waals surface area contributed by atoms with E-state index in [-0.39, 0.29) is 0 Å². The van der Waals surface area contributed by atoms with E-state index in [1.807, 2.05) is 0 Å². The van der Waals surface area contributed by atoms with Crippen molar-refractivity contribution in [1.29, 1.82) is 0 Å². The first-order valence-corrected chi connectivity index (χ1v) is 7.42. The minimum atomic E-state index is -0.507. The van der Waals surface area contributed by atoms with Crippen molar-refractivity contribution in [2.24, 2.45) is 0 Å². The molecule has 2 rings (SSSR count). The molecule has 1 fully saturated rings. The van der Waals surface area contributed by atoms with Crippen molar-refractivity contribution in [2.75, 3.05) is 13.1 Å². The topological polar surface area (TPSA) is 23.5 Å². The van der Waals surface area contributed by atoms with Gasteiger partial charge in [-0.2, -0.15) is 0 Å². The number of nitrogens with zero attached hydrogens (tertiary/aromatic N) is 1. The number of hydrogen-bond acceptors (Lipinski definition) is 2. The summed E-state index contributed by atoms with van der Waals surface area (Å²) in [7, 11) is 0. The fourth-order valence-corrected chi connectivity index (χ4v) is 2.93. The van der Waals surface area contributed by atoms with Crippen LogP contribution in [0.3, 0.4) is 0 Å². The van der Waals surface area contributed by atoms with E-state index in [9.17, 15) is 5.11 Å². The molecule has 1 aromatic carbocycles. The number of aryl methyl sites for hydroxylation is 2. The number of benzene rings is 1. The molecular formula is C17H27NO. The summed E-state index contributed by atoms with van der Waals surface area (Å²) in [5.74, 6) is 0. The van der Waals surface area contributed by atoms with E-state index < -0.39 is 5.60 Å². The van der Waals surface area contributed by atoms with Crippen molar-refractivity contribution in [2.45, 2.75) is 58.6 Å². The van der Waals surface area contributed by atoms with Crippen LogP contribution >= 0.6 is 0 Å². The molecule has 106 valence electrons. The Kier molecular flexibility index (Phi) is 4.32. The molecule has 0 radical (unpaired) electrons. The number of rotatable bonds is 3. The third-order valence-electron chi connectivity index (χ3n) is 4.56. The third-order valence-corrected chi connectivity index (χ3v) is 4.56. The van der Waals surface area contributed by atoms with Crippen molar-refractivity contribution < 1.29 is 5.11 Å². The van der Waals surface area contributed by atoms with Gasteiger partial charge in [-0.25, -0.2) is 0 Å². The van der Waals surface area contributed by atoms with Crippen molar-refractivity contribution in [3.8, 4) is 0 Å². The summed E-state index contributed by atoms with van der Waals surface area (Å²) < 4.78 is 0. The van der Waals surface area contributed by atoms with E-state index >= 15 is 0 Å². The Morgan fingerprint density at radius 2 is 1.79 bits per heavy atom. The molecule has 2 heteroatoms. The Balaban J connectivity index is 2.00. The van der Waals surface area contributed by atoms with Gasteiger partial charge in [-0.1, -0.05) is 18.2 Å². The second kappa shape index (κ2) is 5.64. The Hall–Kier alpha value is -0.860. The van der Waals surface area contributed by atoms with E-state index in [0.717, 1.165) is 32.4 Å². The zero-order valence-corrected chi connectivity index (χ0v) is 12.7. The molecule has 1 saturated heterocycles. The van der Waals surface area contributed by atoms with Crippen LogP contribution in [-0.4, -0.2) is 34.7 Å². The molecule has 0 atom stereocenters. The van der Waals surface area contributed by atoms with E-state index in [0.29, 0.717) is 6.04 Å². The van der Waals surface area contributed by atoms with Crippen LogP contribution in [0.1, 0.15) is 43.4 Å². The van der Waals surface area contributed by atoms with E-state index in [4.69, 9.17) is 0 Å². The zero-order chi connectivity index (χ0) is 14.0. The lowest BCUT2D eigenvalue weighted by Gasteiger charge is -2.40. The van der Waals surface area contributed by atoms with Gasteiger partial charge in [0.1, 0.15) is 0 Å². The molecule has 0 aliphatic carbocycles. The van der Waals surface area contributed by atoms with Gasteiger partial charge in [0.15, 0.2) is 0 Å². The highest BCUT2D eigenvalue weighted by Gasteiger charge is 2.33. The Morgan fingerprint density at radius 3 is 2.32 bits per heavy atom. The molecule has 0 saturated carbocycles. The van der Waals surface area contributed by atoms with Crippen LogP contribution in [0.15, 0.2) is 18.2 Å². The fourth-order valence-electron chi connectivity index (χ4n) is 2.93. The largest absolute Gasteiger partial charge is 0.389 e. The van der Waals surface area contributed by atoms with Gasteiger partial charge in [0.05, 0.1) is 5.60 Å². The molecule has 0 bridgehead atoms. The van der Waals surface area contributed by atoms with Crippen molar-refractivity contribution in [3.63, 3.8) is 0 Å². The van der Waals surface area contributed by atoms with Crippen molar-refractivity contribution in [1.82, 2.24) is 4.90 Å². The van der Waals surface area contributed by atoms with Crippen LogP contribution < -0.4 is 0 Å². The second-order valence-corrected chi connectivity index (χ2v) is 6.45. The second-order valence-electron chi connectivity index (χ2n) is 6.45.